The molecule has 9 heteroatoms. The van der Waals surface area contributed by atoms with Gasteiger partial charge < -0.3 is 25.2 Å². The van der Waals surface area contributed by atoms with Crippen molar-refractivity contribution in [2.45, 2.75) is 44.7 Å². The number of aliphatic hydroxyl groups excluding tert-OH is 1. The lowest BCUT2D eigenvalue weighted by Crippen LogP contribution is -2.43. The van der Waals surface area contributed by atoms with E-state index >= 15 is 0 Å². The van der Waals surface area contributed by atoms with Crippen molar-refractivity contribution in [2.75, 3.05) is 19.7 Å². The Kier molecular flexibility index (Phi) is 6.02. The zero-order chi connectivity index (χ0) is 19.5. The first-order chi connectivity index (χ1) is 12.0. The van der Waals surface area contributed by atoms with Crippen LogP contribution in [0.3, 0.4) is 0 Å². The number of amides is 1. The van der Waals surface area contributed by atoms with E-state index in [1.165, 1.54) is 6.07 Å². The minimum Gasteiger partial charge on any atom is -0.490 e. The molecule has 1 aliphatic rings. The fourth-order valence-corrected chi connectivity index (χ4v) is 2.52. The van der Waals surface area contributed by atoms with Gasteiger partial charge in [0.25, 0.3) is 0 Å². The van der Waals surface area contributed by atoms with E-state index in [1.807, 2.05) is 0 Å². The smallest absolute Gasteiger partial charge is 0.416 e. The molecule has 0 spiro atoms. The molecule has 0 aliphatic carbocycles. The second kappa shape index (κ2) is 7.71. The number of carbonyl (C=O) groups excluding carboxylic acids is 1. The van der Waals surface area contributed by atoms with Gasteiger partial charge in [0.1, 0.15) is 24.1 Å². The summed E-state index contributed by atoms with van der Waals surface area (Å²) in [7, 11) is 0. The molecule has 1 heterocycles. The third kappa shape index (κ3) is 5.50. The van der Waals surface area contributed by atoms with Crippen LogP contribution in [0, 0.1) is 0 Å². The molecular formula is C17H23F3N2O4. The molecule has 0 unspecified atom stereocenters. The number of alkyl carbamates (subject to hydrolysis) is 1. The second-order valence-electron chi connectivity index (χ2n) is 6.99. The SMILES string of the molecule is CC(C)(C)OC(=O)NCCN[C@H]1c2ccc(C(F)(F)F)cc2OC[C@@H]1O. The van der Waals surface area contributed by atoms with E-state index in [2.05, 4.69) is 10.6 Å². The molecule has 1 aliphatic heterocycles. The lowest BCUT2D eigenvalue weighted by Gasteiger charge is -2.31. The number of hydrogen-bond donors (Lipinski definition) is 3. The summed E-state index contributed by atoms with van der Waals surface area (Å²) in [6.45, 7) is 5.64. The molecule has 2 atom stereocenters. The average Bonchev–Trinajstić information content (AvgIpc) is 2.50. The van der Waals surface area contributed by atoms with Crippen molar-refractivity contribution in [2.24, 2.45) is 0 Å². The third-order valence-electron chi connectivity index (χ3n) is 3.63. The Balaban J connectivity index is 1.95. The normalized spacial score (nSPS) is 20.1. The first-order valence-corrected chi connectivity index (χ1v) is 8.19. The molecule has 0 saturated carbocycles. The van der Waals surface area contributed by atoms with Gasteiger partial charge in [-0.05, 0) is 32.9 Å². The molecule has 3 N–H and O–H groups in total. The Morgan fingerprint density at radius 2 is 2.00 bits per heavy atom. The monoisotopic (exact) mass is 376 g/mol. The molecule has 0 radical (unpaired) electrons. The maximum Gasteiger partial charge on any atom is 0.416 e. The van der Waals surface area contributed by atoms with Crippen LogP contribution in [0.25, 0.3) is 0 Å². The number of halogens is 3. The van der Waals surface area contributed by atoms with Crippen molar-refractivity contribution in [3.8, 4) is 5.75 Å². The van der Waals surface area contributed by atoms with E-state index in [0.717, 1.165) is 12.1 Å². The number of rotatable bonds is 4. The maximum atomic E-state index is 12.8. The van der Waals surface area contributed by atoms with Crippen LogP contribution in [0.15, 0.2) is 18.2 Å². The van der Waals surface area contributed by atoms with Crippen LogP contribution in [-0.4, -0.2) is 42.6 Å². The molecule has 2 rings (SSSR count). The number of nitrogens with one attached hydrogen (secondary N) is 2. The lowest BCUT2D eigenvalue weighted by atomic mass is 9.96. The van der Waals surface area contributed by atoms with Crippen LogP contribution in [0.2, 0.25) is 0 Å². The van der Waals surface area contributed by atoms with Gasteiger partial charge in [0.2, 0.25) is 0 Å². The highest BCUT2D eigenvalue weighted by atomic mass is 19.4. The van der Waals surface area contributed by atoms with Crippen LogP contribution in [0.4, 0.5) is 18.0 Å². The van der Waals surface area contributed by atoms with Crippen molar-refractivity contribution in [1.82, 2.24) is 10.6 Å². The Morgan fingerprint density at radius 1 is 1.31 bits per heavy atom. The van der Waals surface area contributed by atoms with Crippen LogP contribution in [0.5, 0.6) is 5.75 Å². The van der Waals surface area contributed by atoms with Gasteiger partial charge in [-0.1, -0.05) is 6.07 Å². The van der Waals surface area contributed by atoms with E-state index in [0.29, 0.717) is 12.1 Å². The first kappa shape index (κ1) is 20.3. The molecule has 1 aromatic rings. The second-order valence-corrected chi connectivity index (χ2v) is 6.99. The number of aliphatic hydroxyl groups is 1. The minimum atomic E-state index is -4.46. The van der Waals surface area contributed by atoms with Crippen molar-refractivity contribution < 1.29 is 32.5 Å². The molecule has 0 bridgehead atoms. The summed E-state index contributed by atoms with van der Waals surface area (Å²) in [6, 6.07) is 2.57. The van der Waals surface area contributed by atoms with E-state index in [1.54, 1.807) is 20.8 Å². The summed E-state index contributed by atoms with van der Waals surface area (Å²) >= 11 is 0. The summed E-state index contributed by atoms with van der Waals surface area (Å²) in [5.41, 5.74) is -0.976. The highest BCUT2D eigenvalue weighted by Gasteiger charge is 2.35. The number of fused-ring (bicyclic) bond motifs is 1. The van der Waals surface area contributed by atoms with Gasteiger partial charge in [-0.2, -0.15) is 13.2 Å². The van der Waals surface area contributed by atoms with E-state index < -0.39 is 35.6 Å². The van der Waals surface area contributed by atoms with Crippen molar-refractivity contribution in [3.63, 3.8) is 0 Å². The van der Waals surface area contributed by atoms with Crippen LogP contribution in [0.1, 0.15) is 37.9 Å². The van der Waals surface area contributed by atoms with Crippen molar-refractivity contribution in [3.05, 3.63) is 29.3 Å². The zero-order valence-corrected chi connectivity index (χ0v) is 14.8. The van der Waals surface area contributed by atoms with E-state index in [9.17, 15) is 23.1 Å². The molecule has 0 saturated heterocycles. The fraction of sp³-hybridized carbons (Fsp3) is 0.588. The first-order valence-electron chi connectivity index (χ1n) is 8.19. The minimum absolute atomic E-state index is 0.0859. The number of carbonyl (C=O) groups is 1. The van der Waals surface area contributed by atoms with Crippen molar-refractivity contribution >= 4 is 6.09 Å². The van der Waals surface area contributed by atoms with Crippen LogP contribution in [-0.2, 0) is 10.9 Å². The van der Waals surface area contributed by atoms with Crippen molar-refractivity contribution in [1.29, 1.82) is 0 Å². The van der Waals surface area contributed by atoms with Gasteiger partial charge >= 0.3 is 12.3 Å². The average molecular weight is 376 g/mol. The largest absolute Gasteiger partial charge is 0.490 e. The molecular weight excluding hydrogens is 353 g/mol. The lowest BCUT2D eigenvalue weighted by molar-refractivity contribution is -0.137. The zero-order valence-electron chi connectivity index (χ0n) is 14.8. The van der Waals surface area contributed by atoms with Gasteiger partial charge in [-0.25, -0.2) is 4.79 Å². The molecule has 0 aromatic heterocycles. The number of alkyl halides is 3. The molecule has 6 nitrogen and oxygen atoms in total. The summed E-state index contributed by atoms with van der Waals surface area (Å²) in [4.78, 5) is 11.6. The summed E-state index contributed by atoms with van der Waals surface area (Å²) in [5, 5.41) is 15.7. The molecule has 26 heavy (non-hydrogen) atoms. The van der Waals surface area contributed by atoms with Crippen LogP contribution >= 0.6 is 0 Å². The maximum absolute atomic E-state index is 12.8. The Bertz CT molecular complexity index is 644. The topological polar surface area (TPSA) is 79.8 Å². The van der Waals surface area contributed by atoms with Crippen LogP contribution < -0.4 is 15.4 Å². The Labute approximate surface area is 149 Å². The Hall–Kier alpha value is -2.00. The number of ether oxygens (including phenoxy) is 2. The van der Waals surface area contributed by atoms with Gasteiger partial charge in [0.15, 0.2) is 0 Å². The summed E-state index contributed by atoms with van der Waals surface area (Å²) in [6.07, 6.45) is -5.95. The fourth-order valence-electron chi connectivity index (χ4n) is 2.52. The van der Waals surface area contributed by atoms with Gasteiger partial charge in [0, 0.05) is 18.7 Å². The molecule has 1 amide bonds. The van der Waals surface area contributed by atoms with Gasteiger partial charge in [0.05, 0.1) is 11.6 Å². The Morgan fingerprint density at radius 3 is 2.62 bits per heavy atom. The van der Waals surface area contributed by atoms with E-state index in [4.69, 9.17) is 9.47 Å². The highest BCUT2D eigenvalue weighted by molar-refractivity contribution is 5.67. The number of benzene rings is 1. The third-order valence-corrected chi connectivity index (χ3v) is 3.63. The predicted octanol–water partition coefficient (Wildman–Crippen LogP) is 2.61. The quantitative estimate of drug-likeness (QED) is 0.704. The predicted molar refractivity (Wildman–Crippen MR) is 87.9 cm³/mol. The van der Waals surface area contributed by atoms with E-state index in [-0.39, 0.29) is 18.9 Å². The molecule has 146 valence electrons. The van der Waals surface area contributed by atoms with Gasteiger partial charge in [-0.3, -0.25) is 0 Å². The number of hydrogen-bond acceptors (Lipinski definition) is 5. The summed E-state index contributed by atoms with van der Waals surface area (Å²) in [5.74, 6) is 0.0859. The highest BCUT2D eigenvalue weighted by Crippen LogP contribution is 2.37. The molecule has 0 fully saturated rings. The standard InChI is InChI=1S/C17H23F3N2O4/c1-16(2,3)26-15(24)22-7-6-21-14-11-5-4-10(17(18,19)20)8-13(11)25-9-12(14)23/h4-5,8,12,14,21,23H,6-7,9H2,1-3H3,(H,22,24)/t12-,14-/m0/s1. The molecule has 1 aromatic carbocycles. The summed E-state index contributed by atoms with van der Waals surface area (Å²) < 4.78 is 48.7. The van der Waals surface area contributed by atoms with Gasteiger partial charge in [-0.15, -0.1) is 0 Å².